The maximum absolute atomic E-state index is 11.4. The standard InChI is InChI=1S/C12H13BrO2/c1-8-12(13)10(7-11(14)15-8)9-5-3-2-4-6-9/h2-6,8,10,12H,7H2,1H3/t8-,10+,12?/m1/s1. The zero-order valence-electron chi connectivity index (χ0n) is 8.52. The largest absolute Gasteiger partial charge is 0.461 e. The maximum Gasteiger partial charge on any atom is 0.306 e. The summed E-state index contributed by atoms with van der Waals surface area (Å²) in [6, 6.07) is 10.1. The van der Waals surface area contributed by atoms with Gasteiger partial charge >= 0.3 is 5.97 Å². The van der Waals surface area contributed by atoms with Gasteiger partial charge in [-0.2, -0.15) is 0 Å². The van der Waals surface area contributed by atoms with Gasteiger partial charge in [-0.1, -0.05) is 46.3 Å². The molecule has 3 heteroatoms. The molecule has 0 aromatic heterocycles. The molecule has 15 heavy (non-hydrogen) atoms. The van der Waals surface area contributed by atoms with Crippen LogP contribution in [0.15, 0.2) is 30.3 Å². The average Bonchev–Trinajstić information content (AvgIpc) is 2.24. The van der Waals surface area contributed by atoms with Crippen LogP contribution in [0.4, 0.5) is 0 Å². The number of alkyl halides is 1. The number of carbonyl (C=O) groups excluding carboxylic acids is 1. The molecular weight excluding hydrogens is 256 g/mol. The molecule has 1 heterocycles. The van der Waals surface area contributed by atoms with E-state index in [-0.39, 0.29) is 22.8 Å². The predicted octanol–water partition coefficient (Wildman–Crippen LogP) is 2.87. The highest BCUT2D eigenvalue weighted by Gasteiger charge is 2.35. The van der Waals surface area contributed by atoms with Crippen molar-refractivity contribution in [1.82, 2.24) is 0 Å². The van der Waals surface area contributed by atoms with Gasteiger partial charge in [0.25, 0.3) is 0 Å². The Morgan fingerprint density at radius 3 is 2.67 bits per heavy atom. The third-order valence-corrected chi connectivity index (χ3v) is 4.15. The monoisotopic (exact) mass is 268 g/mol. The highest BCUT2D eigenvalue weighted by molar-refractivity contribution is 9.09. The molecule has 1 saturated heterocycles. The van der Waals surface area contributed by atoms with Gasteiger partial charge in [0, 0.05) is 5.92 Å². The van der Waals surface area contributed by atoms with Gasteiger partial charge in [-0.15, -0.1) is 0 Å². The minimum absolute atomic E-state index is 0.0588. The third-order valence-electron chi connectivity index (χ3n) is 2.76. The van der Waals surface area contributed by atoms with Crippen LogP contribution in [0.3, 0.4) is 0 Å². The van der Waals surface area contributed by atoms with Crippen LogP contribution in [0.25, 0.3) is 0 Å². The van der Waals surface area contributed by atoms with E-state index in [1.54, 1.807) is 0 Å². The van der Waals surface area contributed by atoms with Crippen LogP contribution in [0.1, 0.15) is 24.8 Å². The summed E-state index contributed by atoms with van der Waals surface area (Å²) in [6.45, 7) is 1.92. The first-order valence-electron chi connectivity index (χ1n) is 5.07. The number of rotatable bonds is 1. The minimum Gasteiger partial charge on any atom is -0.461 e. The van der Waals surface area contributed by atoms with Crippen molar-refractivity contribution in [3.8, 4) is 0 Å². The van der Waals surface area contributed by atoms with Crippen LogP contribution in [-0.2, 0) is 9.53 Å². The van der Waals surface area contributed by atoms with Gasteiger partial charge in [-0.05, 0) is 12.5 Å². The van der Waals surface area contributed by atoms with Crippen LogP contribution < -0.4 is 0 Å². The fourth-order valence-electron chi connectivity index (χ4n) is 1.94. The van der Waals surface area contributed by atoms with Crippen molar-refractivity contribution in [3.63, 3.8) is 0 Å². The molecule has 3 atom stereocenters. The second-order valence-electron chi connectivity index (χ2n) is 3.86. The Hall–Kier alpha value is -0.830. The summed E-state index contributed by atoms with van der Waals surface area (Å²) in [5.74, 6) is 0.120. The number of ether oxygens (including phenoxy) is 1. The summed E-state index contributed by atoms with van der Waals surface area (Å²) in [5, 5.41) is 0. The van der Waals surface area contributed by atoms with E-state index in [1.807, 2.05) is 25.1 Å². The number of halogens is 1. The van der Waals surface area contributed by atoms with E-state index < -0.39 is 0 Å². The Morgan fingerprint density at radius 2 is 2.00 bits per heavy atom. The molecule has 0 saturated carbocycles. The molecule has 1 aliphatic rings. The second kappa shape index (κ2) is 4.35. The summed E-state index contributed by atoms with van der Waals surface area (Å²) in [6.07, 6.45) is 0.404. The Labute approximate surface area is 97.8 Å². The van der Waals surface area contributed by atoms with Crippen molar-refractivity contribution in [3.05, 3.63) is 35.9 Å². The summed E-state index contributed by atoms with van der Waals surface area (Å²) in [4.78, 5) is 11.6. The number of cyclic esters (lactones) is 1. The smallest absolute Gasteiger partial charge is 0.306 e. The van der Waals surface area contributed by atoms with Gasteiger partial charge in [0.15, 0.2) is 0 Å². The Bertz CT molecular complexity index is 350. The quantitative estimate of drug-likeness (QED) is 0.579. The van der Waals surface area contributed by atoms with Gasteiger partial charge in [0.2, 0.25) is 0 Å². The zero-order chi connectivity index (χ0) is 10.8. The predicted molar refractivity (Wildman–Crippen MR) is 62.1 cm³/mol. The van der Waals surface area contributed by atoms with Crippen LogP contribution >= 0.6 is 15.9 Å². The fraction of sp³-hybridized carbons (Fsp3) is 0.417. The van der Waals surface area contributed by atoms with Crippen molar-refractivity contribution >= 4 is 21.9 Å². The maximum atomic E-state index is 11.4. The normalized spacial score (nSPS) is 31.1. The Balaban J connectivity index is 2.24. The van der Waals surface area contributed by atoms with Crippen molar-refractivity contribution < 1.29 is 9.53 Å². The zero-order valence-corrected chi connectivity index (χ0v) is 10.1. The molecular formula is C12H13BrO2. The molecule has 0 spiro atoms. The first kappa shape index (κ1) is 10.7. The lowest BCUT2D eigenvalue weighted by molar-refractivity contribution is -0.152. The topological polar surface area (TPSA) is 26.3 Å². The lowest BCUT2D eigenvalue weighted by Gasteiger charge is -2.32. The van der Waals surface area contributed by atoms with Crippen molar-refractivity contribution in [2.24, 2.45) is 0 Å². The summed E-state index contributed by atoms with van der Waals surface area (Å²) >= 11 is 3.61. The van der Waals surface area contributed by atoms with Crippen molar-refractivity contribution in [2.75, 3.05) is 0 Å². The van der Waals surface area contributed by atoms with E-state index in [4.69, 9.17) is 4.74 Å². The van der Waals surface area contributed by atoms with Crippen molar-refractivity contribution in [2.45, 2.75) is 30.2 Å². The summed E-state index contributed by atoms with van der Waals surface area (Å²) in [7, 11) is 0. The van der Waals surface area contributed by atoms with Crippen molar-refractivity contribution in [1.29, 1.82) is 0 Å². The van der Waals surface area contributed by atoms with Gasteiger partial charge in [-0.3, -0.25) is 4.79 Å². The molecule has 1 unspecified atom stereocenters. The molecule has 0 N–H and O–H groups in total. The van der Waals surface area contributed by atoms with Crippen LogP contribution in [0, 0.1) is 0 Å². The lowest BCUT2D eigenvalue weighted by atomic mass is 9.89. The number of carbonyl (C=O) groups is 1. The molecule has 2 nitrogen and oxygen atoms in total. The van der Waals surface area contributed by atoms with E-state index in [0.717, 1.165) is 0 Å². The number of benzene rings is 1. The fourth-order valence-corrected chi connectivity index (χ4v) is 2.54. The van der Waals surface area contributed by atoms with Crippen LogP contribution in [0.5, 0.6) is 0 Å². The summed E-state index contributed by atoms with van der Waals surface area (Å²) in [5.41, 5.74) is 1.20. The Morgan fingerprint density at radius 1 is 1.33 bits per heavy atom. The van der Waals surface area contributed by atoms with Gasteiger partial charge in [-0.25, -0.2) is 0 Å². The van der Waals surface area contributed by atoms with E-state index in [9.17, 15) is 4.79 Å². The van der Waals surface area contributed by atoms with E-state index in [0.29, 0.717) is 6.42 Å². The van der Waals surface area contributed by atoms with Gasteiger partial charge < -0.3 is 4.74 Å². The number of esters is 1. The third kappa shape index (κ3) is 2.23. The average molecular weight is 269 g/mol. The first-order valence-corrected chi connectivity index (χ1v) is 5.98. The first-order chi connectivity index (χ1) is 7.18. The molecule has 0 bridgehead atoms. The molecule has 0 aliphatic carbocycles. The number of hydrogen-bond acceptors (Lipinski definition) is 2. The van der Waals surface area contributed by atoms with E-state index in [1.165, 1.54) is 5.56 Å². The highest BCUT2D eigenvalue weighted by atomic mass is 79.9. The van der Waals surface area contributed by atoms with Crippen LogP contribution in [0.2, 0.25) is 0 Å². The lowest BCUT2D eigenvalue weighted by Crippen LogP contribution is -2.36. The minimum atomic E-state index is -0.105. The molecule has 1 aromatic rings. The second-order valence-corrected chi connectivity index (χ2v) is 4.92. The Kier molecular flexibility index (Phi) is 3.10. The van der Waals surface area contributed by atoms with Crippen LogP contribution in [-0.4, -0.2) is 16.9 Å². The number of hydrogen-bond donors (Lipinski definition) is 0. The van der Waals surface area contributed by atoms with E-state index in [2.05, 4.69) is 28.1 Å². The molecule has 0 radical (unpaired) electrons. The molecule has 1 aliphatic heterocycles. The van der Waals surface area contributed by atoms with Gasteiger partial charge in [0.1, 0.15) is 6.10 Å². The molecule has 0 amide bonds. The van der Waals surface area contributed by atoms with Gasteiger partial charge in [0.05, 0.1) is 11.2 Å². The van der Waals surface area contributed by atoms with E-state index >= 15 is 0 Å². The SMILES string of the molecule is C[C@H]1OC(=O)C[C@@H](c2ccccc2)C1Br. The molecule has 1 aromatic carbocycles. The highest BCUT2D eigenvalue weighted by Crippen LogP contribution is 2.35. The summed E-state index contributed by atoms with van der Waals surface area (Å²) < 4.78 is 5.16. The molecule has 2 rings (SSSR count). The molecule has 1 fully saturated rings. The molecule has 80 valence electrons.